The van der Waals surface area contributed by atoms with Crippen molar-refractivity contribution >= 4 is 32.6 Å². The van der Waals surface area contributed by atoms with E-state index >= 15 is 0 Å². The molecule has 4 rings (SSSR count). The van der Waals surface area contributed by atoms with E-state index in [0.29, 0.717) is 10.7 Å². The summed E-state index contributed by atoms with van der Waals surface area (Å²) in [4.78, 5) is 17.2. The number of fused-ring (bicyclic) bond motifs is 1. The fraction of sp³-hybridized carbons (Fsp3) is 0.0909. The molecule has 0 spiro atoms. The van der Waals surface area contributed by atoms with Crippen LogP contribution < -0.4 is 43.5 Å². The summed E-state index contributed by atoms with van der Waals surface area (Å²) in [6.07, 6.45) is 0. The predicted octanol–water partition coefficient (Wildman–Crippen LogP) is -0.702. The predicted molar refractivity (Wildman–Crippen MR) is 107 cm³/mol. The third-order valence-corrected chi connectivity index (χ3v) is 7.65. The number of thiazole rings is 1. The van der Waals surface area contributed by atoms with E-state index in [4.69, 9.17) is 0 Å². The van der Waals surface area contributed by atoms with Gasteiger partial charge in [-0.1, -0.05) is 41.2 Å². The molecule has 3 nitrogen and oxygen atoms in total. The van der Waals surface area contributed by atoms with Gasteiger partial charge in [-0.25, -0.2) is 4.98 Å². The normalized spacial score (nSPS) is 10.5. The SMILES string of the molecule is Cc1ccc([I+]c2cccc(C(=O)Nc3nc4ccc(C)cc4s3)c2)cc1.[Br-]. The molecular weight excluding hydrogens is 547 g/mol. The lowest BCUT2D eigenvalue weighted by atomic mass is 10.2. The average molecular weight is 565 g/mol. The Morgan fingerprint density at radius 1 is 0.929 bits per heavy atom. The molecular formula is C22H18BrIN2OS. The summed E-state index contributed by atoms with van der Waals surface area (Å²) in [6.45, 7) is 4.15. The minimum atomic E-state index is -0.300. The van der Waals surface area contributed by atoms with Crippen molar-refractivity contribution < 1.29 is 43.0 Å². The van der Waals surface area contributed by atoms with Gasteiger partial charge >= 0.3 is 21.2 Å². The first-order valence-corrected chi connectivity index (χ1v) is 11.5. The number of nitrogens with one attached hydrogen (secondary N) is 1. The van der Waals surface area contributed by atoms with E-state index < -0.39 is 0 Å². The topological polar surface area (TPSA) is 42.0 Å². The van der Waals surface area contributed by atoms with Crippen LogP contribution in [0.15, 0.2) is 66.7 Å². The number of rotatable bonds is 4. The molecule has 1 aromatic heterocycles. The minimum Gasteiger partial charge on any atom is -1.00 e. The lowest BCUT2D eigenvalue weighted by Crippen LogP contribution is -3.61. The lowest BCUT2D eigenvalue weighted by Gasteiger charge is -2.00. The molecule has 6 heteroatoms. The Hall–Kier alpha value is -1.77. The largest absolute Gasteiger partial charge is 1.00 e. The van der Waals surface area contributed by atoms with Gasteiger partial charge in [0.2, 0.25) is 0 Å². The summed E-state index contributed by atoms with van der Waals surface area (Å²) >= 11 is 1.21. The van der Waals surface area contributed by atoms with E-state index in [0.717, 1.165) is 10.2 Å². The number of anilines is 1. The summed E-state index contributed by atoms with van der Waals surface area (Å²) in [6, 6.07) is 22.7. The highest BCUT2D eigenvalue weighted by Gasteiger charge is 2.18. The van der Waals surface area contributed by atoms with E-state index in [-0.39, 0.29) is 44.1 Å². The number of carbonyl (C=O) groups excluding carboxylic acids is 1. The quantitative estimate of drug-likeness (QED) is 0.333. The second-order valence-corrected chi connectivity index (χ2v) is 10.4. The van der Waals surface area contributed by atoms with Crippen LogP contribution in [0.2, 0.25) is 0 Å². The highest BCUT2D eigenvalue weighted by atomic mass is 127. The number of hydrogen-bond acceptors (Lipinski definition) is 3. The fourth-order valence-electron chi connectivity index (χ4n) is 2.67. The molecule has 1 N–H and O–H groups in total. The highest BCUT2D eigenvalue weighted by Crippen LogP contribution is 2.26. The van der Waals surface area contributed by atoms with E-state index in [1.165, 1.54) is 29.6 Å². The Morgan fingerprint density at radius 2 is 1.68 bits per heavy atom. The van der Waals surface area contributed by atoms with Gasteiger partial charge in [-0.05, 0) is 55.8 Å². The maximum absolute atomic E-state index is 12.7. The summed E-state index contributed by atoms with van der Waals surface area (Å²) in [5.41, 5.74) is 4.05. The van der Waals surface area contributed by atoms with Gasteiger partial charge in [-0.2, -0.15) is 0 Å². The van der Waals surface area contributed by atoms with Crippen molar-refractivity contribution in [2.24, 2.45) is 0 Å². The molecule has 0 atom stereocenters. The number of hydrogen-bond donors (Lipinski definition) is 1. The van der Waals surface area contributed by atoms with Gasteiger partial charge in [0, 0.05) is 11.6 Å². The molecule has 0 saturated heterocycles. The number of aryl methyl sites for hydroxylation is 2. The summed E-state index contributed by atoms with van der Waals surface area (Å²) in [5, 5.41) is 3.58. The molecule has 3 aromatic carbocycles. The maximum Gasteiger partial charge on any atom is 0.357 e. The Balaban J connectivity index is 0.00000225. The van der Waals surface area contributed by atoms with Crippen molar-refractivity contribution in [2.45, 2.75) is 13.8 Å². The third-order valence-electron chi connectivity index (χ3n) is 4.08. The standard InChI is InChI=1S/C22H17IN2OS.BrH/c1-14-6-9-17(10-7-14)23-18-5-3-4-16(13-18)21(26)25-22-24-19-11-8-15(2)12-20(19)27-22;/h3-13H,1-2H3;1H. The summed E-state index contributed by atoms with van der Waals surface area (Å²) in [7, 11) is 0. The lowest BCUT2D eigenvalue weighted by molar-refractivity contribution is -0.597. The number of halogens is 2. The zero-order chi connectivity index (χ0) is 18.8. The van der Waals surface area contributed by atoms with E-state index in [1.807, 2.05) is 30.3 Å². The van der Waals surface area contributed by atoms with Crippen LogP contribution in [0.25, 0.3) is 10.2 Å². The molecule has 0 saturated carbocycles. The first kappa shape index (κ1) is 21.0. The van der Waals surface area contributed by atoms with Gasteiger partial charge in [0.25, 0.3) is 5.91 Å². The Morgan fingerprint density at radius 3 is 2.46 bits per heavy atom. The van der Waals surface area contributed by atoms with Crippen LogP contribution in [0.5, 0.6) is 0 Å². The van der Waals surface area contributed by atoms with Crippen molar-refractivity contribution in [1.29, 1.82) is 0 Å². The molecule has 1 heterocycles. The second-order valence-electron chi connectivity index (χ2n) is 6.34. The number of nitrogens with zero attached hydrogens (tertiary/aromatic N) is 1. The number of amides is 1. The zero-order valence-electron chi connectivity index (χ0n) is 15.4. The molecule has 0 aliphatic carbocycles. The van der Waals surface area contributed by atoms with Gasteiger partial charge in [-0.3, -0.25) is 10.1 Å². The number of benzene rings is 3. The smallest absolute Gasteiger partial charge is 0.357 e. The first-order chi connectivity index (χ1) is 13.1. The maximum atomic E-state index is 12.7. The highest BCUT2D eigenvalue weighted by molar-refractivity contribution is 7.22. The fourth-order valence-corrected chi connectivity index (χ4v) is 5.94. The van der Waals surface area contributed by atoms with Crippen LogP contribution in [-0.2, 0) is 0 Å². The number of aromatic nitrogens is 1. The molecule has 0 bridgehead atoms. The molecule has 0 aliphatic heterocycles. The molecule has 0 radical (unpaired) electrons. The molecule has 4 aromatic rings. The monoisotopic (exact) mass is 564 g/mol. The van der Waals surface area contributed by atoms with Crippen molar-refractivity contribution in [1.82, 2.24) is 4.98 Å². The van der Waals surface area contributed by atoms with E-state index in [9.17, 15) is 4.79 Å². The van der Waals surface area contributed by atoms with Gasteiger partial charge in [0.05, 0.1) is 10.2 Å². The Labute approximate surface area is 189 Å². The third kappa shape index (κ3) is 4.98. The molecule has 0 aliphatic rings. The second kappa shape index (κ2) is 9.15. The van der Waals surface area contributed by atoms with Crippen molar-refractivity contribution in [3.05, 3.63) is 90.6 Å². The minimum absolute atomic E-state index is 0. The number of carbonyl (C=O) groups is 1. The molecule has 0 fully saturated rings. The van der Waals surface area contributed by atoms with E-state index in [2.05, 4.69) is 60.5 Å². The van der Waals surface area contributed by atoms with Gasteiger partial charge < -0.3 is 17.0 Å². The van der Waals surface area contributed by atoms with Crippen LogP contribution in [0.4, 0.5) is 5.13 Å². The Bertz CT molecular complexity index is 1130. The molecule has 28 heavy (non-hydrogen) atoms. The first-order valence-electron chi connectivity index (χ1n) is 8.57. The van der Waals surface area contributed by atoms with Crippen LogP contribution in [0.1, 0.15) is 21.5 Å². The van der Waals surface area contributed by atoms with Crippen LogP contribution in [0.3, 0.4) is 0 Å². The van der Waals surface area contributed by atoms with Gasteiger partial charge in [0.1, 0.15) is 0 Å². The van der Waals surface area contributed by atoms with Crippen LogP contribution >= 0.6 is 11.3 Å². The van der Waals surface area contributed by atoms with Crippen LogP contribution in [-0.4, -0.2) is 10.9 Å². The molecule has 0 unspecified atom stereocenters. The van der Waals surface area contributed by atoms with Crippen molar-refractivity contribution in [2.75, 3.05) is 5.32 Å². The van der Waals surface area contributed by atoms with Gasteiger partial charge in [0.15, 0.2) is 12.3 Å². The summed E-state index contributed by atoms with van der Waals surface area (Å²) < 4.78 is 3.66. The van der Waals surface area contributed by atoms with Crippen molar-refractivity contribution in [3.8, 4) is 0 Å². The van der Waals surface area contributed by atoms with Crippen molar-refractivity contribution in [3.63, 3.8) is 0 Å². The van der Waals surface area contributed by atoms with E-state index in [1.54, 1.807) is 0 Å². The molecule has 1 amide bonds. The van der Waals surface area contributed by atoms with Gasteiger partial charge in [-0.15, -0.1) is 0 Å². The summed E-state index contributed by atoms with van der Waals surface area (Å²) in [5.74, 6) is -0.111. The van der Waals surface area contributed by atoms with Crippen LogP contribution in [0, 0.1) is 21.0 Å². The Kier molecular flexibility index (Phi) is 6.85. The molecule has 142 valence electrons. The zero-order valence-corrected chi connectivity index (χ0v) is 19.9. The average Bonchev–Trinajstić information content (AvgIpc) is 3.05.